The van der Waals surface area contributed by atoms with E-state index in [4.69, 9.17) is 21.1 Å². The van der Waals surface area contributed by atoms with Crippen molar-refractivity contribution in [2.45, 2.75) is 56.8 Å². The predicted molar refractivity (Wildman–Crippen MR) is 109 cm³/mol. The number of carbonyl (C=O) groups excluding carboxylic acids is 1. The molecule has 0 atom stereocenters. The molecule has 3 aromatic rings. The van der Waals surface area contributed by atoms with Crippen LogP contribution in [0.15, 0.2) is 42.6 Å². The lowest BCUT2D eigenvalue weighted by atomic mass is 9.56. The van der Waals surface area contributed by atoms with Crippen molar-refractivity contribution in [1.29, 1.82) is 0 Å². The van der Waals surface area contributed by atoms with Crippen molar-refractivity contribution in [2.24, 2.45) is 0 Å². The summed E-state index contributed by atoms with van der Waals surface area (Å²) in [6, 6.07) is 12.0. The molecule has 0 amide bonds. The summed E-state index contributed by atoms with van der Waals surface area (Å²) in [7, 11) is 0. The van der Waals surface area contributed by atoms with Crippen molar-refractivity contribution in [1.82, 2.24) is 14.8 Å². The first-order chi connectivity index (χ1) is 14.0. The van der Waals surface area contributed by atoms with Gasteiger partial charge in [0.05, 0.1) is 23.1 Å². The zero-order valence-corrected chi connectivity index (χ0v) is 17.0. The average molecular weight is 412 g/mol. The quantitative estimate of drug-likeness (QED) is 0.572. The van der Waals surface area contributed by atoms with Gasteiger partial charge in [-0.05, 0) is 30.9 Å². The highest BCUT2D eigenvalue weighted by atomic mass is 35.5. The minimum absolute atomic E-state index is 0.0892. The van der Waals surface area contributed by atoms with E-state index in [0.717, 1.165) is 32.1 Å². The van der Waals surface area contributed by atoms with Gasteiger partial charge in [0, 0.05) is 26.0 Å². The molecule has 150 valence electrons. The largest absolute Gasteiger partial charge is 0.424 e. The number of halogens is 1. The molecule has 0 spiro atoms. The van der Waals surface area contributed by atoms with Crippen LogP contribution in [0.4, 0.5) is 0 Å². The number of benzene rings is 1. The minimum atomic E-state index is -0.368. The molecule has 3 saturated carbocycles. The number of ether oxygens (including phenoxy) is 2. The third kappa shape index (κ3) is 3.20. The number of aromatic nitrogens is 3. The van der Waals surface area contributed by atoms with Gasteiger partial charge in [-0.2, -0.15) is 0 Å². The third-order valence-corrected chi connectivity index (χ3v) is 6.40. The van der Waals surface area contributed by atoms with E-state index in [9.17, 15) is 4.79 Å². The summed E-state index contributed by atoms with van der Waals surface area (Å²) in [6.45, 7) is 2.02. The van der Waals surface area contributed by atoms with Gasteiger partial charge in [0.15, 0.2) is 16.5 Å². The molecule has 1 aromatic carbocycles. The Hall–Kier alpha value is -2.44. The highest BCUT2D eigenvalue weighted by Gasteiger charge is 2.59. The molecule has 0 N–H and O–H groups in total. The van der Waals surface area contributed by atoms with E-state index < -0.39 is 0 Å². The number of hydrogen-bond donors (Lipinski definition) is 0. The fourth-order valence-corrected chi connectivity index (χ4v) is 5.23. The summed E-state index contributed by atoms with van der Waals surface area (Å²) < 4.78 is 14.0. The summed E-state index contributed by atoms with van der Waals surface area (Å²) in [4.78, 5) is 11.6. The molecular formula is C22H22ClN3O3. The first kappa shape index (κ1) is 18.6. The van der Waals surface area contributed by atoms with E-state index in [1.165, 1.54) is 12.5 Å². The SMILES string of the molecule is CC(=O)Oc1cn(C23CCCC(OCc4ccccc4)(C2)C3)c2nnc(Cl)cc12. The normalized spacial score (nSPS) is 25.6. The Balaban J connectivity index is 1.44. The van der Waals surface area contributed by atoms with Crippen LogP contribution < -0.4 is 4.74 Å². The van der Waals surface area contributed by atoms with Crippen molar-refractivity contribution in [3.05, 3.63) is 53.3 Å². The zero-order valence-electron chi connectivity index (χ0n) is 16.2. The lowest BCUT2D eigenvalue weighted by Crippen LogP contribution is -2.62. The van der Waals surface area contributed by atoms with Crippen LogP contribution in [0, 0.1) is 0 Å². The first-order valence-corrected chi connectivity index (χ1v) is 10.3. The Morgan fingerprint density at radius 1 is 1.21 bits per heavy atom. The van der Waals surface area contributed by atoms with Crippen molar-refractivity contribution >= 4 is 28.6 Å². The molecule has 6 nitrogen and oxygen atoms in total. The Morgan fingerprint density at radius 3 is 2.76 bits per heavy atom. The van der Waals surface area contributed by atoms with Gasteiger partial charge in [-0.25, -0.2) is 0 Å². The maximum absolute atomic E-state index is 11.6. The lowest BCUT2D eigenvalue weighted by Gasteiger charge is -2.60. The van der Waals surface area contributed by atoms with Gasteiger partial charge in [-0.1, -0.05) is 41.9 Å². The van der Waals surface area contributed by atoms with Crippen LogP contribution in [-0.2, 0) is 21.7 Å². The maximum atomic E-state index is 11.6. The molecule has 2 aromatic heterocycles. The van der Waals surface area contributed by atoms with E-state index >= 15 is 0 Å². The molecule has 3 aliphatic carbocycles. The molecule has 0 saturated heterocycles. The Kier molecular flexibility index (Phi) is 4.37. The molecule has 2 bridgehead atoms. The Bertz CT molecular complexity index is 1070. The van der Waals surface area contributed by atoms with Crippen molar-refractivity contribution in [2.75, 3.05) is 0 Å². The number of fused-ring (bicyclic) bond motifs is 3. The standard InChI is InChI=1S/C22H22ClN3O3/c1-15(27)29-18-11-26(20-17(18)10-19(23)24-25-20)21-8-5-9-22(13-21,14-21)28-12-16-6-3-2-4-7-16/h2-4,6-7,10-11H,5,8-9,12-14H2,1H3. The number of hydrogen-bond acceptors (Lipinski definition) is 5. The molecule has 3 aliphatic rings. The van der Waals surface area contributed by atoms with Crippen LogP contribution in [-0.4, -0.2) is 26.3 Å². The van der Waals surface area contributed by atoms with Gasteiger partial charge in [0.2, 0.25) is 0 Å². The highest BCUT2D eigenvalue weighted by Crippen LogP contribution is 2.59. The van der Waals surface area contributed by atoms with E-state index in [0.29, 0.717) is 23.4 Å². The van der Waals surface area contributed by atoms with E-state index in [-0.39, 0.29) is 22.3 Å². The second-order valence-corrected chi connectivity index (χ2v) is 8.64. The third-order valence-electron chi connectivity index (χ3n) is 6.21. The topological polar surface area (TPSA) is 66.2 Å². The summed E-state index contributed by atoms with van der Waals surface area (Å²) in [5, 5.41) is 9.33. The zero-order chi connectivity index (χ0) is 20.1. The lowest BCUT2D eigenvalue weighted by molar-refractivity contribution is -0.198. The molecule has 0 radical (unpaired) electrons. The second-order valence-electron chi connectivity index (χ2n) is 8.25. The number of carbonyl (C=O) groups is 1. The van der Waals surface area contributed by atoms with Gasteiger partial charge >= 0.3 is 5.97 Å². The van der Waals surface area contributed by atoms with Crippen molar-refractivity contribution < 1.29 is 14.3 Å². The summed E-state index contributed by atoms with van der Waals surface area (Å²) >= 11 is 6.05. The monoisotopic (exact) mass is 411 g/mol. The van der Waals surface area contributed by atoms with E-state index in [2.05, 4.69) is 26.9 Å². The number of rotatable bonds is 5. The summed E-state index contributed by atoms with van der Waals surface area (Å²) in [6.07, 6.45) is 6.90. The summed E-state index contributed by atoms with van der Waals surface area (Å²) in [5.41, 5.74) is 1.69. The van der Waals surface area contributed by atoms with Crippen LogP contribution in [0.1, 0.15) is 44.6 Å². The number of esters is 1. The first-order valence-electron chi connectivity index (χ1n) is 9.90. The highest BCUT2D eigenvalue weighted by molar-refractivity contribution is 6.30. The van der Waals surface area contributed by atoms with Crippen LogP contribution in [0.25, 0.3) is 11.0 Å². The predicted octanol–water partition coefficient (Wildman–Crippen LogP) is 4.64. The fourth-order valence-electron chi connectivity index (χ4n) is 5.08. The van der Waals surface area contributed by atoms with Gasteiger partial charge in [-0.3, -0.25) is 4.79 Å². The average Bonchev–Trinajstić information content (AvgIpc) is 3.04. The minimum Gasteiger partial charge on any atom is -0.424 e. The van der Waals surface area contributed by atoms with Gasteiger partial charge in [-0.15, -0.1) is 10.2 Å². The van der Waals surface area contributed by atoms with E-state index in [1.54, 1.807) is 6.07 Å². The molecule has 3 fully saturated rings. The van der Waals surface area contributed by atoms with Gasteiger partial charge in [0.25, 0.3) is 0 Å². The molecule has 2 heterocycles. The number of nitrogens with zero attached hydrogens (tertiary/aromatic N) is 3. The van der Waals surface area contributed by atoms with Gasteiger partial charge in [0.1, 0.15) is 0 Å². The fraction of sp³-hybridized carbons (Fsp3) is 0.409. The Morgan fingerprint density at radius 2 is 2.00 bits per heavy atom. The molecule has 7 heteroatoms. The second kappa shape index (κ2) is 6.82. The van der Waals surface area contributed by atoms with Crippen LogP contribution in [0.5, 0.6) is 5.75 Å². The van der Waals surface area contributed by atoms with Crippen molar-refractivity contribution in [3.8, 4) is 5.75 Å². The molecule has 6 rings (SSSR count). The van der Waals surface area contributed by atoms with Crippen molar-refractivity contribution in [3.63, 3.8) is 0 Å². The molecule has 0 aliphatic heterocycles. The molecule has 29 heavy (non-hydrogen) atoms. The molecular weight excluding hydrogens is 390 g/mol. The maximum Gasteiger partial charge on any atom is 0.308 e. The van der Waals surface area contributed by atoms with Crippen LogP contribution >= 0.6 is 11.6 Å². The molecule has 0 unspecified atom stereocenters. The van der Waals surface area contributed by atoms with Crippen LogP contribution in [0.2, 0.25) is 5.15 Å². The summed E-state index contributed by atoms with van der Waals surface area (Å²) in [5.74, 6) is 0.110. The van der Waals surface area contributed by atoms with Gasteiger partial charge < -0.3 is 14.0 Å². The Labute approximate surface area is 173 Å². The van der Waals surface area contributed by atoms with E-state index in [1.807, 2.05) is 24.4 Å². The smallest absolute Gasteiger partial charge is 0.308 e. The van der Waals surface area contributed by atoms with Crippen LogP contribution in [0.3, 0.4) is 0 Å².